The normalized spacial score (nSPS) is 18.7. The molecule has 0 amide bonds. The zero-order chi connectivity index (χ0) is 14.8. The topological polar surface area (TPSA) is 21.3 Å². The van der Waals surface area contributed by atoms with Crippen LogP contribution >= 0.6 is 23.2 Å². The number of fused-ring (bicyclic) bond motifs is 1. The number of hydrogen-bond donors (Lipinski definition) is 1. The van der Waals surface area contributed by atoms with Gasteiger partial charge >= 0.3 is 0 Å². The summed E-state index contributed by atoms with van der Waals surface area (Å²) in [4.78, 5) is 0. The van der Waals surface area contributed by atoms with Crippen molar-refractivity contribution in [2.24, 2.45) is 5.92 Å². The van der Waals surface area contributed by atoms with Crippen molar-refractivity contribution in [3.63, 3.8) is 0 Å². The highest BCUT2D eigenvalue weighted by molar-refractivity contribution is 6.42. The van der Waals surface area contributed by atoms with Crippen LogP contribution in [0.25, 0.3) is 0 Å². The van der Waals surface area contributed by atoms with Gasteiger partial charge in [-0.25, -0.2) is 0 Å². The molecule has 1 aliphatic rings. The van der Waals surface area contributed by atoms with Crippen molar-refractivity contribution in [1.82, 2.24) is 5.32 Å². The summed E-state index contributed by atoms with van der Waals surface area (Å²) in [5.41, 5.74) is 2.40. The minimum absolute atomic E-state index is 0.188. The van der Waals surface area contributed by atoms with E-state index in [1.165, 1.54) is 5.56 Å². The van der Waals surface area contributed by atoms with Crippen LogP contribution in [-0.4, -0.2) is 13.7 Å². The fraction of sp³-hybridized carbons (Fsp3) is 0.294. The molecule has 1 N–H and O–H groups in total. The first-order chi connectivity index (χ1) is 10.2. The van der Waals surface area contributed by atoms with E-state index in [9.17, 15) is 0 Å². The summed E-state index contributed by atoms with van der Waals surface area (Å²) in [7, 11) is 1.97. The lowest BCUT2D eigenvalue weighted by Gasteiger charge is -2.32. The summed E-state index contributed by atoms with van der Waals surface area (Å²) in [6, 6.07) is 14.2. The van der Waals surface area contributed by atoms with Gasteiger partial charge in [0.25, 0.3) is 0 Å². The maximum atomic E-state index is 6.14. The third-order valence-corrected chi connectivity index (χ3v) is 4.73. The predicted molar refractivity (Wildman–Crippen MR) is 87.4 cm³/mol. The molecule has 0 fully saturated rings. The Labute approximate surface area is 135 Å². The van der Waals surface area contributed by atoms with Crippen molar-refractivity contribution in [2.45, 2.75) is 12.5 Å². The van der Waals surface area contributed by atoms with Crippen LogP contribution in [0.5, 0.6) is 5.75 Å². The molecule has 4 heteroatoms. The number of halogens is 2. The van der Waals surface area contributed by atoms with Crippen molar-refractivity contribution in [3.05, 3.63) is 63.6 Å². The molecule has 2 nitrogen and oxygen atoms in total. The molecule has 2 aromatic rings. The highest BCUT2D eigenvalue weighted by Gasteiger charge is 2.27. The summed E-state index contributed by atoms with van der Waals surface area (Å²) in [5.74, 6) is 1.36. The van der Waals surface area contributed by atoms with E-state index in [0.717, 1.165) is 17.7 Å². The van der Waals surface area contributed by atoms with Crippen molar-refractivity contribution in [1.29, 1.82) is 0 Å². The van der Waals surface area contributed by atoms with Gasteiger partial charge in [0, 0.05) is 12.0 Å². The second-order valence-electron chi connectivity index (χ2n) is 5.32. The van der Waals surface area contributed by atoms with Crippen LogP contribution in [0.4, 0.5) is 0 Å². The van der Waals surface area contributed by atoms with Gasteiger partial charge in [-0.05, 0) is 42.8 Å². The Kier molecular flexibility index (Phi) is 4.39. The van der Waals surface area contributed by atoms with Crippen LogP contribution in [0.2, 0.25) is 10.0 Å². The lowest BCUT2D eigenvalue weighted by atomic mass is 9.86. The van der Waals surface area contributed by atoms with Gasteiger partial charge in [0.1, 0.15) is 5.75 Å². The van der Waals surface area contributed by atoms with E-state index in [1.54, 1.807) is 0 Å². The van der Waals surface area contributed by atoms with E-state index < -0.39 is 0 Å². The summed E-state index contributed by atoms with van der Waals surface area (Å²) in [5, 5.41) is 4.56. The molecule has 0 spiro atoms. The van der Waals surface area contributed by atoms with E-state index in [-0.39, 0.29) is 6.04 Å². The number of ether oxygens (including phenoxy) is 1. The van der Waals surface area contributed by atoms with Gasteiger partial charge < -0.3 is 10.1 Å². The molecule has 0 saturated heterocycles. The van der Waals surface area contributed by atoms with Crippen LogP contribution in [0, 0.1) is 5.92 Å². The summed E-state index contributed by atoms with van der Waals surface area (Å²) >= 11 is 12.1. The third-order valence-electron chi connectivity index (χ3n) is 3.99. The van der Waals surface area contributed by atoms with E-state index in [0.29, 0.717) is 22.6 Å². The lowest BCUT2D eigenvalue weighted by molar-refractivity contribution is 0.188. The Morgan fingerprint density at radius 3 is 2.71 bits per heavy atom. The molecular formula is C17H17Cl2NO. The maximum Gasteiger partial charge on any atom is 0.122 e. The fourth-order valence-corrected chi connectivity index (χ4v) is 3.25. The molecule has 110 valence electrons. The quantitative estimate of drug-likeness (QED) is 0.898. The fourth-order valence-electron chi connectivity index (χ4n) is 2.95. The second kappa shape index (κ2) is 6.27. The standard InChI is InChI=1S/C17H17Cl2NO/c1-20-17(12-6-7-14(18)15(19)9-12)13-8-11-4-2-3-5-16(11)21-10-13/h2-7,9,13,17,20H,8,10H2,1H3. The third kappa shape index (κ3) is 3.03. The van der Waals surface area contributed by atoms with Gasteiger partial charge in [-0.2, -0.15) is 0 Å². The molecule has 0 aromatic heterocycles. The highest BCUT2D eigenvalue weighted by Crippen LogP contribution is 2.35. The van der Waals surface area contributed by atoms with E-state index >= 15 is 0 Å². The molecular weight excluding hydrogens is 305 g/mol. The minimum atomic E-state index is 0.188. The molecule has 21 heavy (non-hydrogen) atoms. The summed E-state index contributed by atoms with van der Waals surface area (Å²) < 4.78 is 5.90. The molecule has 1 aliphatic heterocycles. The Hall–Kier alpha value is -1.22. The largest absolute Gasteiger partial charge is 0.493 e. The van der Waals surface area contributed by atoms with Crippen LogP contribution in [0.1, 0.15) is 17.2 Å². The molecule has 3 rings (SSSR count). The summed E-state index contributed by atoms with van der Waals surface area (Å²) in [6.07, 6.45) is 0.988. The van der Waals surface area contributed by atoms with Gasteiger partial charge in [-0.3, -0.25) is 0 Å². The van der Waals surface area contributed by atoms with Gasteiger partial charge in [-0.1, -0.05) is 47.5 Å². The lowest BCUT2D eigenvalue weighted by Crippen LogP contribution is -2.33. The van der Waals surface area contributed by atoms with Crippen molar-refractivity contribution in [3.8, 4) is 5.75 Å². The van der Waals surface area contributed by atoms with Gasteiger partial charge in [0.15, 0.2) is 0 Å². The van der Waals surface area contributed by atoms with Gasteiger partial charge in [0.05, 0.1) is 16.7 Å². The molecule has 2 atom stereocenters. The Morgan fingerprint density at radius 2 is 1.95 bits per heavy atom. The number of benzene rings is 2. The predicted octanol–water partition coefficient (Wildman–Crippen LogP) is 4.51. The molecule has 0 bridgehead atoms. The molecule has 2 unspecified atom stereocenters. The molecule has 0 aliphatic carbocycles. The average Bonchev–Trinajstić information content (AvgIpc) is 2.51. The van der Waals surface area contributed by atoms with Crippen molar-refractivity contribution in [2.75, 3.05) is 13.7 Å². The highest BCUT2D eigenvalue weighted by atomic mass is 35.5. The first-order valence-electron chi connectivity index (χ1n) is 7.02. The number of rotatable bonds is 3. The Balaban J connectivity index is 1.86. The Morgan fingerprint density at radius 1 is 1.14 bits per heavy atom. The van der Waals surface area contributed by atoms with Crippen molar-refractivity contribution < 1.29 is 4.74 Å². The monoisotopic (exact) mass is 321 g/mol. The molecule has 2 aromatic carbocycles. The van der Waals surface area contributed by atoms with Crippen LogP contribution in [0.3, 0.4) is 0 Å². The smallest absolute Gasteiger partial charge is 0.122 e. The van der Waals surface area contributed by atoms with Crippen LogP contribution < -0.4 is 10.1 Å². The average molecular weight is 322 g/mol. The van der Waals surface area contributed by atoms with Crippen LogP contribution in [0.15, 0.2) is 42.5 Å². The first-order valence-corrected chi connectivity index (χ1v) is 7.77. The maximum absolute atomic E-state index is 6.14. The number of hydrogen-bond acceptors (Lipinski definition) is 2. The SMILES string of the molecule is CNC(c1ccc(Cl)c(Cl)c1)C1COc2ccccc2C1. The second-order valence-corrected chi connectivity index (χ2v) is 6.14. The van der Waals surface area contributed by atoms with Crippen molar-refractivity contribution >= 4 is 23.2 Å². The zero-order valence-electron chi connectivity index (χ0n) is 11.8. The van der Waals surface area contributed by atoms with Gasteiger partial charge in [0.2, 0.25) is 0 Å². The Bertz CT molecular complexity index is 644. The molecule has 0 radical (unpaired) electrons. The van der Waals surface area contributed by atoms with E-state index in [1.807, 2.05) is 37.4 Å². The van der Waals surface area contributed by atoms with E-state index in [4.69, 9.17) is 27.9 Å². The molecule has 0 saturated carbocycles. The van der Waals surface area contributed by atoms with E-state index in [2.05, 4.69) is 17.4 Å². The molecule has 1 heterocycles. The minimum Gasteiger partial charge on any atom is -0.493 e. The van der Waals surface area contributed by atoms with Crippen LogP contribution in [-0.2, 0) is 6.42 Å². The first kappa shape index (κ1) is 14.7. The number of para-hydroxylation sites is 1. The summed E-state index contributed by atoms with van der Waals surface area (Å²) in [6.45, 7) is 0.697. The number of nitrogens with one attached hydrogen (secondary N) is 1. The zero-order valence-corrected chi connectivity index (χ0v) is 13.3. The van der Waals surface area contributed by atoms with Gasteiger partial charge in [-0.15, -0.1) is 0 Å².